The molecule has 6 nitrogen and oxygen atoms in total. The van der Waals surface area contributed by atoms with Gasteiger partial charge in [0, 0.05) is 6.07 Å². The molecule has 0 unspecified atom stereocenters. The molecular formula is C15H12N2O4. The summed E-state index contributed by atoms with van der Waals surface area (Å²) in [6, 6.07) is 13.4. The molecule has 2 N–H and O–H groups in total. The molecule has 2 aromatic carbocycles. The number of nitrogens with zero attached hydrogens (tertiary/aromatic N) is 2. The van der Waals surface area contributed by atoms with Crippen LogP contribution in [0.25, 0.3) is 11.5 Å². The van der Waals surface area contributed by atoms with Crippen LogP contribution in [0.1, 0.15) is 5.82 Å². The smallest absolute Gasteiger partial charge is 0.261 e. The number of aromatic nitrogens is 2. The minimum atomic E-state index is -0.130. The van der Waals surface area contributed by atoms with Crippen molar-refractivity contribution in [2.45, 2.75) is 6.61 Å². The molecule has 3 rings (SSSR count). The van der Waals surface area contributed by atoms with Gasteiger partial charge in [-0.05, 0) is 24.3 Å². The lowest BCUT2D eigenvalue weighted by molar-refractivity contribution is 0.287. The molecule has 0 aliphatic heterocycles. The van der Waals surface area contributed by atoms with Crippen LogP contribution in [0.15, 0.2) is 53.1 Å². The normalized spacial score (nSPS) is 10.5. The van der Waals surface area contributed by atoms with Crippen molar-refractivity contribution in [2.75, 3.05) is 0 Å². The van der Waals surface area contributed by atoms with E-state index >= 15 is 0 Å². The second kappa shape index (κ2) is 5.54. The lowest BCUT2D eigenvalue weighted by atomic mass is 10.2. The minimum absolute atomic E-state index is 0.0385. The Balaban J connectivity index is 1.74. The Morgan fingerprint density at radius 1 is 1.05 bits per heavy atom. The van der Waals surface area contributed by atoms with E-state index in [0.29, 0.717) is 17.1 Å². The first-order valence-electron chi connectivity index (χ1n) is 6.25. The SMILES string of the molecule is Oc1ccc(-c2nc(COc3ccccc3)no2)c(O)c1. The summed E-state index contributed by atoms with van der Waals surface area (Å²) in [5.41, 5.74) is 0.353. The van der Waals surface area contributed by atoms with Crippen LogP contribution >= 0.6 is 0 Å². The van der Waals surface area contributed by atoms with E-state index in [-0.39, 0.29) is 24.0 Å². The van der Waals surface area contributed by atoms with Crippen LogP contribution in [-0.2, 0) is 6.61 Å². The molecule has 0 aliphatic carbocycles. The Morgan fingerprint density at radius 3 is 2.62 bits per heavy atom. The molecule has 0 saturated heterocycles. The number of rotatable bonds is 4. The molecule has 106 valence electrons. The van der Waals surface area contributed by atoms with E-state index in [4.69, 9.17) is 9.26 Å². The Hall–Kier alpha value is -3.02. The molecule has 0 spiro atoms. The third kappa shape index (κ3) is 2.94. The number of phenols is 2. The maximum atomic E-state index is 9.74. The van der Waals surface area contributed by atoms with Crippen molar-refractivity contribution < 1.29 is 19.5 Å². The van der Waals surface area contributed by atoms with E-state index in [1.54, 1.807) is 0 Å². The molecule has 0 fully saturated rings. The van der Waals surface area contributed by atoms with Crippen molar-refractivity contribution in [2.24, 2.45) is 0 Å². The van der Waals surface area contributed by atoms with Crippen molar-refractivity contribution in [3.8, 4) is 28.7 Å². The third-order valence-corrected chi connectivity index (χ3v) is 2.79. The number of hydrogen-bond donors (Lipinski definition) is 2. The van der Waals surface area contributed by atoms with Gasteiger partial charge >= 0.3 is 0 Å². The van der Waals surface area contributed by atoms with Gasteiger partial charge in [0.2, 0.25) is 5.82 Å². The minimum Gasteiger partial charge on any atom is -0.508 e. The highest BCUT2D eigenvalue weighted by Crippen LogP contribution is 2.30. The van der Waals surface area contributed by atoms with Gasteiger partial charge in [-0.25, -0.2) is 0 Å². The van der Waals surface area contributed by atoms with Crippen LogP contribution in [0.4, 0.5) is 0 Å². The molecule has 6 heteroatoms. The average Bonchev–Trinajstić information content (AvgIpc) is 2.95. The highest BCUT2D eigenvalue weighted by molar-refractivity contribution is 5.63. The molecule has 1 aromatic heterocycles. The van der Waals surface area contributed by atoms with Gasteiger partial charge in [-0.15, -0.1) is 0 Å². The summed E-state index contributed by atoms with van der Waals surface area (Å²) in [6.45, 7) is 0.159. The van der Waals surface area contributed by atoms with Crippen LogP contribution in [0, 0.1) is 0 Å². The zero-order valence-electron chi connectivity index (χ0n) is 10.9. The van der Waals surface area contributed by atoms with Gasteiger partial charge in [-0.3, -0.25) is 0 Å². The number of para-hydroxylation sites is 1. The summed E-state index contributed by atoms with van der Waals surface area (Å²) in [5.74, 6) is 1.06. The van der Waals surface area contributed by atoms with Crippen molar-refractivity contribution in [1.82, 2.24) is 10.1 Å². The average molecular weight is 284 g/mol. The molecule has 1 heterocycles. The van der Waals surface area contributed by atoms with Crippen LogP contribution in [0.5, 0.6) is 17.2 Å². The summed E-state index contributed by atoms with van der Waals surface area (Å²) in [4.78, 5) is 4.14. The molecular weight excluding hydrogens is 272 g/mol. The Morgan fingerprint density at radius 2 is 1.86 bits per heavy atom. The van der Waals surface area contributed by atoms with E-state index in [1.165, 1.54) is 18.2 Å². The van der Waals surface area contributed by atoms with Gasteiger partial charge in [-0.2, -0.15) is 4.98 Å². The first-order valence-corrected chi connectivity index (χ1v) is 6.25. The molecule has 21 heavy (non-hydrogen) atoms. The van der Waals surface area contributed by atoms with Crippen LogP contribution in [0.2, 0.25) is 0 Å². The molecule has 0 saturated carbocycles. The number of ether oxygens (including phenoxy) is 1. The second-order valence-electron chi connectivity index (χ2n) is 4.32. The van der Waals surface area contributed by atoms with Crippen LogP contribution in [-0.4, -0.2) is 20.4 Å². The summed E-state index contributed by atoms with van der Waals surface area (Å²) in [6.07, 6.45) is 0. The highest BCUT2D eigenvalue weighted by atomic mass is 16.5. The number of phenolic OH excluding ortho intramolecular Hbond substituents is 2. The Kier molecular flexibility index (Phi) is 3.42. The first-order chi connectivity index (χ1) is 10.2. The predicted octanol–water partition coefficient (Wildman–Crippen LogP) is 2.73. The van der Waals surface area contributed by atoms with Crippen molar-refractivity contribution in [1.29, 1.82) is 0 Å². The maximum Gasteiger partial charge on any atom is 0.261 e. The van der Waals surface area contributed by atoms with Gasteiger partial charge in [0.15, 0.2) is 6.61 Å². The largest absolute Gasteiger partial charge is 0.508 e. The molecule has 0 amide bonds. The van der Waals surface area contributed by atoms with E-state index < -0.39 is 0 Å². The first kappa shape index (κ1) is 13.0. The number of benzene rings is 2. The molecule has 0 atom stereocenters. The quantitative estimate of drug-likeness (QED) is 0.765. The zero-order valence-corrected chi connectivity index (χ0v) is 10.9. The van der Waals surface area contributed by atoms with Crippen molar-refractivity contribution in [3.63, 3.8) is 0 Å². The predicted molar refractivity (Wildman–Crippen MR) is 73.8 cm³/mol. The summed E-state index contributed by atoms with van der Waals surface area (Å²) >= 11 is 0. The lowest BCUT2D eigenvalue weighted by Crippen LogP contribution is -1.97. The molecule has 3 aromatic rings. The van der Waals surface area contributed by atoms with Crippen molar-refractivity contribution in [3.05, 3.63) is 54.4 Å². The van der Waals surface area contributed by atoms with E-state index in [0.717, 1.165) is 0 Å². The van der Waals surface area contributed by atoms with Gasteiger partial charge in [0.25, 0.3) is 5.89 Å². The summed E-state index contributed by atoms with van der Waals surface area (Å²) in [7, 11) is 0. The maximum absolute atomic E-state index is 9.74. The zero-order chi connectivity index (χ0) is 14.7. The standard InChI is InChI=1S/C15H12N2O4/c18-10-6-7-12(13(19)8-10)15-16-14(17-21-15)9-20-11-4-2-1-3-5-11/h1-8,18-19H,9H2. The molecule has 0 aliphatic rings. The summed E-state index contributed by atoms with van der Waals surface area (Å²) < 4.78 is 10.6. The lowest BCUT2D eigenvalue weighted by Gasteiger charge is -2.01. The Bertz CT molecular complexity index is 740. The van der Waals surface area contributed by atoms with Gasteiger partial charge < -0.3 is 19.5 Å². The van der Waals surface area contributed by atoms with E-state index in [2.05, 4.69) is 10.1 Å². The number of hydrogen-bond acceptors (Lipinski definition) is 6. The van der Waals surface area contributed by atoms with Gasteiger partial charge in [-0.1, -0.05) is 23.4 Å². The monoisotopic (exact) mass is 284 g/mol. The van der Waals surface area contributed by atoms with Crippen molar-refractivity contribution >= 4 is 0 Å². The molecule has 0 radical (unpaired) electrons. The van der Waals surface area contributed by atoms with Gasteiger partial charge in [0.05, 0.1) is 5.56 Å². The fourth-order valence-electron chi connectivity index (χ4n) is 1.79. The Labute approximate surface area is 120 Å². The fraction of sp³-hybridized carbons (Fsp3) is 0.0667. The summed E-state index contributed by atoms with van der Waals surface area (Å²) in [5, 5.41) is 22.8. The fourth-order valence-corrected chi connectivity index (χ4v) is 1.79. The van der Waals surface area contributed by atoms with Crippen LogP contribution in [0.3, 0.4) is 0 Å². The molecule has 0 bridgehead atoms. The number of aromatic hydroxyl groups is 2. The second-order valence-corrected chi connectivity index (χ2v) is 4.32. The topological polar surface area (TPSA) is 88.6 Å². The highest BCUT2D eigenvalue weighted by Gasteiger charge is 2.13. The third-order valence-electron chi connectivity index (χ3n) is 2.79. The van der Waals surface area contributed by atoms with Crippen LogP contribution < -0.4 is 4.74 Å². The van der Waals surface area contributed by atoms with E-state index in [9.17, 15) is 10.2 Å². The van der Waals surface area contributed by atoms with Gasteiger partial charge in [0.1, 0.15) is 17.2 Å². The van der Waals surface area contributed by atoms with E-state index in [1.807, 2.05) is 30.3 Å².